The third-order valence-corrected chi connectivity index (χ3v) is 3.19. The van der Waals surface area contributed by atoms with E-state index in [0.717, 1.165) is 23.1 Å². The molecule has 17 heavy (non-hydrogen) atoms. The molecule has 0 saturated carbocycles. The van der Waals surface area contributed by atoms with Crippen molar-refractivity contribution in [2.24, 2.45) is 0 Å². The minimum absolute atomic E-state index is 0.710. The number of nitrogens with zero attached hydrogens (tertiary/aromatic N) is 1. The van der Waals surface area contributed by atoms with Crippen LogP contribution in [-0.2, 0) is 0 Å². The number of rotatable bonds is 7. The minimum Gasteiger partial charge on any atom is -0.384 e. The predicted octanol–water partition coefficient (Wildman–Crippen LogP) is 4.70. The average molecular weight is 295 g/mol. The van der Waals surface area contributed by atoms with Gasteiger partial charge >= 0.3 is 0 Å². The van der Waals surface area contributed by atoms with Crippen molar-refractivity contribution in [3.8, 4) is 6.07 Å². The van der Waals surface area contributed by atoms with Crippen molar-refractivity contribution in [2.75, 3.05) is 11.9 Å². The Kier molecular flexibility index (Phi) is 6.73. The number of nitrogens with one attached hydrogen (secondary N) is 1. The van der Waals surface area contributed by atoms with Crippen molar-refractivity contribution in [3.63, 3.8) is 0 Å². The van der Waals surface area contributed by atoms with E-state index in [0.29, 0.717) is 5.56 Å². The number of unbranched alkanes of at least 4 members (excludes halogenated alkanes) is 4. The van der Waals surface area contributed by atoms with E-state index in [1.54, 1.807) is 0 Å². The fraction of sp³-hybridized carbons (Fsp3) is 0.500. The lowest BCUT2D eigenvalue weighted by atomic mass is 10.1. The highest BCUT2D eigenvalue weighted by Crippen LogP contribution is 2.20. The van der Waals surface area contributed by atoms with Gasteiger partial charge in [0.1, 0.15) is 6.07 Å². The van der Waals surface area contributed by atoms with Crippen molar-refractivity contribution in [3.05, 3.63) is 28.2 Å². The summed E-state index contributed by atoms with van der Waals surface area (Å²) in [5.74, 6) is 0. The summed E-state index contributed by atoms with van der Waals surface area (Å²) in [5.41, 5.74) is 1.64. The fourth-order valence-corrected chi connectivity index (χ4v) is 2.07. The smallest absolute Gasteiger partial charge is 0.101 e. The molecular weight excluding hydrogens is 276 g/mol. The molecule has 1 aromatic carbocycles. The van der Waals surface area contributed by atoms with Crippen molar-refractivity contribution in [1.29, 1.82) is 5.26 Å². The molecule has 0 bridgehead atoms. The molecule has 3 heteroatoms. The first-order valence-corrected chi connectivity index (χ1v) is 7.00. The Bertz CT molecular complexity index is 382. The Hall–Kier alpha value is -1.01. The van der Waals surface area contributed by atoms with Crippen LogP contribution in [0.15, 0.2) is 22.7 Å². The largest absolute Gasteiger partial charge is 0.384 e. The van der Waals surface area contributed by atoms with Crippen LogP contribution < -0.4 is 5.32 Å². The number of halogens is 1. The van der Waals surface area contributed by atoms with Crippen LogP contribution in [0.25, 0.3) is 0 Å². The summed E-state index contributed by atoms with van der Waals surface area (Å²) in [5, 5.41) is 12.3. The van der Waals surface area contributed by atoms with E-state index in [4.69, 9.17) is 5.26 Å². The summed E-state index contributed by atoms with van der Waals surface area (Å²) < 4.78 is 1.00. The van der Waals surface area contributed by atoms with Gasteiger partial charge in [-0.1, -0.05) is 48.5 Å². The van der Waals surface area contributed by atoms with Crippen molar-refractivity contribution in [1.82, 2.24) is 0 Å². The van der Waals surface area contributed by atoms with Gasteiger partial charge in [0, 0.05) is 11.0 Å². The summed E-state index contributed by atoms with van der Waals surface area (Å²) in [6.45, 7) is 3.16. The Morgan fingerprint density at radius 1 is 1.24 bits per heavy atom. The molecule has 0 aliphatic carbocycles. The second kappa shape index (κ2) is 8.14. The van der Waals surface area contributed by atoms with Crippen molar-refractivity contribution in [2.45, 2.75) is 39.0 Å². The van der Waals surface area contributed by atoms with Crippen LogP contribution >= 0.6 is 15.9 Å². The van der Waals surface area contributed by atoms with Crippen LogP contribution in [0.4, 0.5) is 5.69 Å². The van der Waals surface area contributed by atoms with Crippen LogP contribution in [0.1, 0.15) is 44.6 Å². The zero-order chi connectivity index (χ0) is 12.5. The van der Waals surface area contributed by atoms with Crippen LogP contribution in [-0.4, -0.2) is 6.54 Å². The average Bonchev–Trinajstić information content (AvgIpc) is 2.34. The molecular formula is C14H19BrN2. The van der Waals surface area contributed by atoms with Gasteiger partial charge in [-0.2, -0.15) is 5.26 Å². The van der Waals surface area contributed by atoms with E-state index >= 15 is 0 Å². The van der Waals surface area contributed by atoms with E-state index in [-0.39, 0.29) is 0 Å². The summed E-state index contributed by atoms with van der Waals surface area (Å²) in [6, 6.07) is 7.89. The molecule has 1 N–H and O–H groups in total. The fourth-order valence-electron chi connectivity index (χ4n) is 1.71. The maximum Gasteiger partial charge on any atom is 0.101 e. The van der Waals surface area contributed by atoms with Crippen LogP contribution in [0, 0.1) is 11.3 Å². The summed E-state index contributed by atoms with van der Waals surface area (Å²) in [4.78, 5) is 0. The number of hydrogen-bond acceptors (Lipinski definition) is 2. The molecule has 2 nitrogen and oxygen atoms in total. The summed E-state index contributed by atoms with van der Waals surface area (Å²) >= 11 is 3.42. The summed E-state index contributed by atoms with van der Waals surface area (Å²) in [7, 11) is 0. The highest BCUT2D eigenvalue weighted by atomic mass is 79.9. The van der Waals surface area contributed by atoms with Gasteiger partial charge in [0.05, 0.1) is 11.3 Å². The van der Waals surface area contributed by atoms with E-state index in [1.807, 2.05) is 18.2 Å². The van der Waals surface area contributed by atoms with Gasteiger partial charge < -0.3 is 5.32 Å². The van der Waals surface area contributed by atoms with Gasteiger partial charge in [-0.05, 0) is 24.6 Å². The molecule has 0 radical (unpaired) electrons. The molecule has 92 valence electrons. The normalized spacial score (nSPS) is 9.94. The third kappa shape index (κ3) is 5.23. The first kappa shape index (κ1) is 14.1. The van der Waals surface area contributed by atoms with E-state index in [1.165, 1.54) is 25.7 Å². The molecule has 0 aliphatic rings. The Labute approximate surface area is 112 Å². The lowest BCUT2D eigenvalue weighted by Crippen LogP contribution is -2.03. The molecule has 0 amide bonds. The standard InChI is InChI=1S/C14H19BrN2/c1-2-3-4-5-6-9-17-14-10-13(15)8-7-12(14)11-16/h7-8,10,17H,2-6,9H2,1H3. The molecule has 0 unspecified atom stereocenters. The Morgan fingerprint density at radius 2 is 2.00 bits per heavy atom. The Morgan fingerprint density at radius 3 is 2.71 bits per heavy atom. The number of anilines is 1. The van der Waals surface area contributed by atoms with Gasteiger partial charge in [0.2, 0.25) is 0 Å². The predicted molar refractivity (Wildman–Crippen MR) is 76.1 cm³/mol. The molecule has 0 aromatic heterocycles. The number of nitriles is 1. The zero-order valence-electron chi connectivity index (χ0n) is 10.3. The van der Waals surface area contributed by atoms with Crippen molar-refractivity contribution >= 4 is 21.6 Å². The van der Waals surface area contributed by atoms with Gasteiger partial charge in [-0.15, -0.1) is 0 Å². The van der Waals surface area contributed by atoms with Gasteiger partial charge in [-0.3, -0.25) is 0 Å². The summed E-state index contributed by atoms with van der Waals surface area (Å²) in [6.07, 6.45) is 6.33. The van der Waals surface area contributed by atoms with Gasteiger partial charge in [-0.25, -0.2) is 0 Å². The monoisotopic (exact) mass is 294 g/mol. The van der Waals surface area contributed by atoms with E-state index in [2.05, 4.69) is 34.2 Å². The number of hydrogen-bond donors (Lipinski definition) is 1. The molecule has 0 aliphatic heterocycles. The minimum atomic E-state index is 0.710. The molecule has 0 spiro atoms. The van der Waals surface area contributed by atoms with Gasteiger partial charge in [0.25, 0.3) is 0 Å². The van der Waals surface area contributed by atoms with E-state index < -0.39 is 0 Å². The lowest BCUT2D eigenvalue weighted by molar-refractivity contribution is 0.645. The van der Waals surface area contributed by atoms with Crippen LogP contribution in [0.2, 0.25) is 0 Å². The second-order valence-electron chi connectivity index (χ2n) is 4.14. The lowest BCUT2D eigenvalue weighted by Gasteiger charge is -2.08. The molecule has 0 heterocycles. The van der Waals surface area contributed by atoms with E-state index in [9.17, 15) is 0 Å². The molecule has 1 rings (SSSR count). The van der Waals surface area contributed by atoms with Crippen molar-refractivity contribution < 1.29 is 0 Å². The van der Waals surface area contributed by atoms with Crippen LogP contribution in [0.3, 0.4) is 0 Å². The van der Waals surface area contributed by atoms with Crippen LogP contribution in [0.5, 0.6) is 0 Å². The second-order valence-corrected chi connectivity index (χ2v) is 5.06. The SMILES string of the molecule is CCCCCCCNc1cc(Br)ccc1C#N. The Balaban J connectivity index is 2.36. The zero-order valence-corrected chi connectivity index (χ0v) is 11.9. The topological polar surface area (TPSA) is 35.8 Å². The molecule has 0 atom stereocenters. The highest BCUT2D eigenvalue weighted by molar-refractivity contribution is 9.10. The highest BCUT2D eigenvalue weighted by Gasteiger charge is 2.01. The quantitative estimate of drug-likeness (QED) is 0.740. The maximum absolute atomic E-state index is 8.98. The maximum atomic E-state index is 8.98. The molecule has 0 fully saturated rings. The number of benzene rings is 1. The third-order valence-electron chi connectivity index (χ3n) is 2.70. The molecule has 1 aromatic rings. The first-order chi connectivity index (χ1) is 8.27. The van der Waals surface area contributed by atoms with Gasteiger partial charge in [0.15, 0.2) is 0 Å². The first-order valence-electron chi connectivity index (χ1n) is 6.21. The molecule has 0 saturated heterocycles.